The zero-order valence-electron chi connectivity index (χ0n) is 10.5. The predicted molar refractivity (Wildman–Crippen MR) is 74.5 cm³/mol. The maximum Gasteiger partial charge on any atom is 0.324 e. The summed E-state index contributed by atoms with van der Waals surface area (Å²) < 4.78 is 5.15. The Morgan fingerprint density at radius 3 is 2.79 bits per heavy atom. The summed E-state index contributed by atoms with van der Waals surface area (Å²) in [6, 6.07) is 9.40. The van der Waals surface area contributed by atoms with Gasteiger partial charge in [0.25, 0.3) is 0 Å². The van der Waals surface area contributed by atoms with Crippen LogP contribution in [0, 0.1) is 10.1 Å². The van der Waals surface area contributed by atoms with Gasteiger partial charge in [0.05, 0.1) is 12.0 Å². The van der Waals surface area contributed by atoms with Crippen LogP contribution >= 0.6 is 11.3 Å². The van der Waals surface area contributed by atoms with Gasteiger partial charge in [0.15, 0.2) is 0 Å². The number of rotatable bonds is 6. The van der Waals surface area contributed by atoms with E-state index in [0.29, 0.717) is 13.1 Å². The minimum absolute atomic E-state index is 0.179. The monoisotopic (exact) mass is 278 g/mol. The zero-order valence-corrected chi connectivity index (χ0v) is 11.3. The molecule has 2 rings (SSSR count). The topological polar surface area (TPSA) is 64.4 Å². The van der Waals surface area contributed by atoms with Crippen molar-refractivity contribution in [3.63, 3.8) is 0 Å². The summed E-state index contributed by atoms with van der Waals surface area (Å²) >= 11 is 1.15. The summed E-state index contributed by atoms with van der Waals surface area (Å²) in [6.07, 6.45) is 0. The maximum atomic E-state index is 10.6. The van der Waals surface area contributed by atoms with E-state index in [1.54, 1.807) is 18.6 Å². The molecule has 100 valence electrons. The van der Waals surface area contributed by atoms with Crippen molar-refractivity contribution in [2.24, 2.45) is 0 Å². The van der Waals surface area contributed by atoms with Crippen molar-refractivity contribution in [3.05, 3.63) is 57.0 Å². The van der Waals surface area contributed by atoms with Gasteiger partial charge in [-0.15, -0.1) is 0 Å². The lowest BCUT2D eigenvalue weighted by Crippen LogP contribution is -2.12. The number of ether oxygens (including phenoxy) is 1. The molecule has 0 saturated heterocycles. The lowest BCUT2D eigenvalue weighted by molar-refractivity contribution is -0.380. The second-order valence-corrected chi connectivity index (χ2v) is 4.90. The highest BCUT2D eigenvalue weighted by atomic mass is 32.1. The molecule has 0 aliphatic carbocycles. The highest BCUT2D eigenvalue weighted by molar-refractivity contribution is 7.13. The van der Waals surface area contributed by atoms with Crippen LogP contribution < -0.4 is 10.1 Å². The molecule has 0 fully saturated rings. The zero-order chi connectivity index (χ0) is 13.7. The second kappa shape index (κ2) is 6.31. The Kier molecular flexibility index (Phi) is 4.48. The Bertz CT molecular complexity index is 569. The van der Waals surface area contributed by atoms with Crippen LogP contribution in [0.15, 0.2) is 35.7 Å². The average Bonchev–Trinajstić information content (AvgIpc) is 2.88. The van der Waals surface area contributed by atoms with E-state index in [1.807, 2.05) is 24.3 Å². The molecule has 6 heteroatoms. The van der Waals surface area contributed by atoms with E-state index in [1.165, 1.54) is 0 Å². The van der Waals surface area contributed by atoms with E-state index in [-0.39, 0.29) is 9.92 Å². The van der Waals surface area contributed by atoms with Crippen molar-refractivity contribution in [3.8, 4) is 5.75 Å². The Morgan fingerprint density at radius 2 is 2.11 bits per heavy atom. The number of methoxy groups -OCH3 is 1. The quantitative estimate of drug-likeness (QED) is 0.651. The van der Waals surface area contributed by atoms with Crippen molar-refractivity contribution in [1.82, 2.24) is 5.32 Å². The molecule has 0 saturated carbocycles. The minimum Gasteiger partial charge on any atom is -0.497 e. The third-order valence-electron chi connectivity index (χ3n) is 2.61. The summed E-state index contributed by atoms with van der Waals surface area (Å²) in [4.78, 5) is 10.2. The molecular formula is C13H14N2O3S. The van der Waals surface area contributed by atoms with E-state index >= 15 is 0 Å². The molecular weight excluding hydrogens is 264 g/mol. The summed E-state index contributed by atoms with van der Waals surface area (Å²) in [6.45, 7) is 1.31. The van der Waals surface area contributed by atoms with Crippen LogP contribution in [0.5, 0.6) is 5.75 Å². The van der Waals surface area contributed by atoms with E-state index in [0.717, 1.165) is 28.2 Å². The molecule has 0 bridgehead atoms. The van der Waals surface area contributed by atoms with Crippen LogP contribution in [-0.4, -0.2) is 12.0 Å². The van der Waals surface area contributed by atoms with Gasteiger partial charge in [-0.2, -0.15) is 0 Å². The first-order valence-corrected chi connectivity index (χ1v) is 6.62. The van der Waals surface area contributed by atoms with Crippen molar-refractivity contribution in [2.75, 3.05) is 7.11 Å². The van der Waals surface area contributed by atoms with Gasteiger partial charge in [-0.25, -0.2) is 0 Å². The molecule has 1 N–H and O–H groups in total. The van der Waals surface area contributed by atoms with Crippen LogP contribution in [0.2, 0.25) is 0 Å². The number of thiophene rings is 1. The SMILES string of the molecule is COc1cccc(CNCc2csc([N+](=O)[O-])c2)c1. The van der Waals surface area contributed by atoms with Gasteiger partial charge >= 0.3 is 5.00 Å². The molecule has 5 nitrogen and oxygen atoms in total. The summed E-state index contributed by atoms with van der Waals surface area (Å²) in [7, 11) is 1.64. The Morgan fingerprint density at radius 1 is 1.32 bits per heavy atom. The molecule has 0 amide bonds. The summed E-state index contributed by atoms with van der Waals surface area (Å²) in [5.41, 5.74) is 2.05. The fourth-order valence-electron chi connectivity index (χ4n) is 1.68. The number of nitrogens with one attached hydrogen (secondary N) is 1. The fourth-order valence-corrected chi connectivity index (χ4v) is 2.41. The number of hydrogen-bond donors (Lipinski definition) is 1. The first-order valence-electron chi connectivity index (χ1n) is 5.74. The van der Waals surface area contributed by atoms with Crippen molar-refractivity contribution in [2.45, 2.75) is 13.1 Å². The van der Waals surface area contributed by atoms with Crippen molar-refractivity contribution >= 4 is 16.3 Å². The van der Waals surface area contributed by atoms with Gasteiger partial charge in [-0.3, -0.25) is 10.1 Å². The van der Waals surface area contributed by atoms with Crippen molar-refractivity contribution < 1.29 is 9.66 Å². The Balaban J connectivity index is 1.86. The third kappa shape index (κ3) is 3.77. The van der Waals surface area contributed by atoms with Crippen LogP contribution in [0.1, 0.15) is 11.1 Å². The largest absolute Gasteiger partial charge is 0.497 e. The molecule has 0 aliphatic rings. The first kappa shape index (κ1) is 13.5. The van der Waals surface area contributed by atoms with Crippen LogP contribution in [-0.2, 0) is 13.1 Å². The molecule has 0 aliphatic heterocycles. The van der Waals surface area contributed by atoms with Gasteiger partial charge in [0.2, 0.25) is 0 Å². The van der Waals surface area contributed by atoms with E-state index in [4.69, 9.17) is 4.74 Å². The highest BCUT2D eigenvalue weighted by Gasteiger charge is 2.08. The number of hydrogen-bond acceptors (Lipinski definition) is 5. The van der Waals surface area contributed by atoms with Gasteiger partial charge < -0.3 is 10.1 Å². The normalized spacial score (nSPS) is 10.4. The van der Waals surface area contributed by atoms with E-state index in [2.05, 4.69) is 5.32 Å². The Hall–Kier alpha value is -1.92. The summed E-state index contributed by atoms with van der Waals surface area (Å²) in [5.74, 6) is 0.825. The van der Waals surface area contributed by atoms with E-state index < -0.39 is 0 Å². The third-order valence-corrected chi connectivity index (χ3v) is 3.54. The minimum atomic E-state index is -0.365. The van der Waals surface area contributed by atoms with Crippen LogP contribution in [0.4, 0.5) is 5.00 Å². The smallest absolute Gasteiger partial charge is 0.324 e. The molecule has 0 radical (unpaired) electrons. The van der Waals surface area contributed by atoms with Crippen LogP contribution in [0.25, 0.3) is 0 Å². The lowest BCUT2D eigenvalue weighted by atomic mass is 10.2. The molecule has 1 aromatic carbocycles. The molecule has 1 heterocycles. The fraction of sp³-hybridized carbons (Fsp3) is 0.231. The molecule has 2 aromatic rings. The number of nitrogens with zero attached hydrogens (tertiary/aromatic N) is 1. The Labute approximate surface area is 115 Å². The van der Waals surface area contributed by atoms with E-state index in [9.17, 15) is 10.1 Å². The van der Waals surface area contributed by atoms with Crippen LogP contribution in [0.3, 0.4) is 0 Å². The van der Waals surface area contributed by atoms with Gasteiger partial charge in [-0.05, 0) is 23.3 Å². The van der Waals surface area contributed by atoms with Gasteiger partial charge in [-0.1, -0.05) is 23.5 Å². The van der Waals surface area contributed by atoms with Gasteiger partial charge in [0.1, 0.15) is 5.75 Å². The predicted octanol–water partition coefficient (Wildman–Crippen LogP) is 2.95. The highest BCUT2D eigenvalue weighted by Crippen LogP contribution is 2.22. The number of benzene rings is 1. The van der Waals surface area contributed by atoms with Crippen molar-refractivity contribution in [1.29, 1.82) is 0 Å². The molecule has 1 aromatic heterocycles. The summed E-state index contributed by atoms with van der Waals surface area (Å²) in [5, 5.41) is 15.8. The van der Waals surface area contributed by atoms with Gasteiger partial charge in [0, 0.05) is 24.5 Å². The second-order valence-electron chi connectivity index (χ2n) is 4.01. The lowest BCUT2D eigenvalue weighted by Gasteiger charge is -2.05. The average molecular weight is 278 g/mol. The number of nitro groups is 1. The molecule has 0 spiro atoms. The standard InChI is InChI=1S/C13H14N2O3S/c1-18-12-4-2-3-10(5-12)7-14-8-11-6-13(15(16)17)19-9-11/h2-6,9,14H,7-8H2,1H3. The molecule has 0 unspecified atom stereocenters. The first-order chi connectivity index (χ1) is 9.19. The maximum absolute atomic E-state index is 10.6. The molecule has 19 heavy (non-hydrogen) atoms. The molecule has 0 atom stereocenters.